The van der Waals surface area contributed by atoms with Crippen LogP contribution in [0.5, 0.6) is 5.75 Å². The van der Waals surface area contributed by atoms with E-state index in [0.29, 0.717) is 18.7 Å². The highest BCUT2D eigenvalue weighted by Crippen LogP contribution is 2.26. The number of ether oxygens (including phenoxy) is 1. The van der Waals surface area contributed by atoms with Gasteiger partial charge in [0.25, 0.3) is 0 Å². The third-order valence-corrected chi connectivity index (χ3v) is 2.97. The van der Waals surface area contributed by atoms with E-state index in [1.54, 1.807) is 18.2 Å². The summed E-state index contributed by atoms with van der Waals surface area (Å²) in [5.41, 5.74) is 6.34. The highest BCUT2D eigenvalue weighted by atomic mass is 19.3. The summed E-state index contributed by atoms with van der Waals surface area (Å²) in [6.45, 7) is -1.65. The Hall–Kier alpha value is -1.24. The third-order valence-electron chi connectivity index (χ3n) is 2.97. The van der Waals surface area contributed by atoms with Crippen LogP contribution in [0.4, 0.5) is 8.78 Å². The van der Waals surface area contributed by atoms with Gasteiger partial charge in [0.15, 0.2) is 0 Å². The molecule has 1 atom stereocenters. The maximum absolute atomic E-state index is 12.4. The zero-order valence-corrected chi connectivity index (χ0v) is 11.4. The van der Waals surface area contributed by atoms with Gasteiger partial charge in [0.05, 0.1) is 0 Å². The number of hydrogen-bond acceptors (Lipinski definition) is 4. The molecule has 0 bridgehead atoms. The Labute approximate surface area is 117 Å². The number of halogens is 2. The van der Waals surface area contributed by atoms with Crippen LogP contribution in [-0.4, -0.2) is 31.4 Å². The first kappa shape index (κ1) is 16.8. The van der Waals surface area contributed by atoms with Gasteiger partial charge in [-0.2, -0.15) is 8.78 Å². The molecule has 0 spiro atoms. The van der Waals surface area contributed by atoms with E-state index < -0.39 is 6.61 Å². The Morgan fingerprint density at radius 3 is 2.60 bits per heavy atom. The molecule has 1 unspecified atom stereocenters. The predicted molar refractivity (Wildman–Crippen MR) is 73.8 cm³/mol. The highest BCUT2D eigenvalue weighted by Gasteiger charge is 2.16. The Kier molecular flexibility index (Phi) is 8.10. The van der Waals surface area contributed by atoms with Crippen molar-refractivity contribution in [1.82, 2.24) is 5.32 Å². The van der Waals surface area contributed by atoms with Gasteiger partial charge >= 0.3 is 6.61 Å². The fourth-order valence-corrected chi connectivity index (χ4v) is 1.98. The van der Waals surface area contributed by atoms with Crippen molar-refractivity contribution in [3.63, 3.8) is 0 Å². The van der Waals surface area contributed by atoms with Crippen molar-refractivity contribution in [3.05, 3.63) is 29.8 Å². The van der Waals surface area contributed by atoms with Crippen LogP contribution in [0.2, 0.25) is 0 Å². The quantitative estimate of drug-likeness (QED) is 0.576. The minimum atomic E-state index is -2.85. The highest BCUT2D eigenvalue weighted by molar-refractivity contribution is 5.36. The second-order valence-electron chi connectivity index (χ2n) is 4.44. The average Bonchev–Trinajstić information content (AvgIpc) is 2.43. The first-order chi connectivity index (χ1) is 9.69. The molecule has 6 heteroatoms. The molecule has 20 heavy (non-hydrogen) atoms. The number of aliphatic hydroxyl groups is 1. The van der Waals surface area contributed by atoms with Gasteiger partial charge in [0, 0.05) is 24.8 Å². The molecule has 1 aromatic carbocycles. The van der Waals surface area contributed by atoms with E-state index >= 15 is 0 Å². The third kappa shape index (κ3) is 5.81. The van der Waals surface area contributed by atoms with Crippen molar-refractivity contribution in [1.29, 1.82) is 0 Å². The summed E-state index contributed by atoms with van der Waals surface area (Å²) in [6, 6.07) is 6.44. The van der Waals surface area contributed by atoms with Crippen molar-refractivity contribution in [3.8, 4) is 5.75 Å². The summed E-state index contributed by atoms with van der Waals surface area (Å²) in [5.74, 6) is 0.154. The number of nitrogens with two attached hydrogens (primary N) is 1. The second kappa shape index (κ2) is 9.63. The number of para-hydroxylation sites is 1. The molecule has 0 saturated heterocycles. The fourth-order valence-electron chi connectivity index (χ4n) is 1.98. The molecule has 0 radical (unpaired) electrons. The summed E-state index contributed by atoms with van der Waals surface area (Å²) in [4.78, 5) is 0. The fraction of sp³-hybridized carbons (Fsp3) is 0.571. The molecule has 0 fully saturated rings. The van der Waals surface area contributed by atoms with Crippen molar-refractivity contribution in [2.45, 2.75) is 31.9 Å². The summed E-state index contributed by atoms with van der Waals surface area (Å²) < 4.78 is 29.2. The van der Waals surface area contributed by atoms with E-state index in [1.165, 1.54) is 6.07 Å². The minimum Gasteiger partial charge on any atom is -0.434 e. The molecule has 4 nitrogen and oxygen atoms in total. The molecule has 0 heterocycles. The van der Waals surface area contributed by atoms with Crippen LogP contribution in [0.1, 0.15) is 30.9 Å². The van der Waals surface area contributed by atoms with E-state index in [2.05, 4.69) is 10.1 Å². The summed E-state index contributed by atoms with van der Waals surface area (Å²) in [7, 11) is 0. The number of benzene rings is 1. The molecular formula is C14H22F2N2O2. The van der Waals surface area contributed by atoms with Crippen LogP contribution in [0.25, 0.3) is 0 Å². The summed E-state index contributed by atoms with van der Waals surface area (Å²) in [5, 5.41) is 11.9. The Balaban J connectivity index is 2.59. The largest absolute Gasteiger partial charge is 0.434 e. The lowest BCUT2D eigenvalue weighted by molar-refractivity contribution is -0.0507. The molecule has 4 N–H and O–H groups in total. The van der Waals surface area contributed by atoms with Crippen LogP contribution in [0, 0.1) is 0 Å². The van der Waals surface area contributed by atoms with Crippen molar-refractivity contribution in [2.75, 3.05) is 19.7 Å². The summed E-state index contributed by atoms with van der Waals surface area (Å²) in [6.07, 6.45) is 2.57. The van der Waals surface area contributed by atoms with Gasteiger partial charge < -0.3 is 20.9 Å². The monoisotopic (exact) mass is 288 g/mol. The average molecular weight is 288 g/mol. The SMILES string of the molecule is NCC(NCCCCCO)c1ccccc1OC(F)F. The molecule has 1 aromatic rings. The summed E-state index contributed by atoms with van der Waals surface area (Å²) >= 11 is 0. The van der Waals surface area contributed by atoms with Crippen LogP contribution in [0.15, 0.2) is 24.3 Å². The lowest BCUT2D eigenvalue weighted by Crippen LogP contribution is -2.29. The standard InChI is InChI=1S/C14H22F2N2O2/c15-14(16)20-13-7-3-2-6-11(13)12(10-17)18-8-4-1-5-9-19/h2-3,6-7,12,14,18-19H,1,4-5,8-10,17H2. The molecule has 0 aliphatic rings. The van der Waals surface area contributed by atoms with Crippen molar-refractivity contribution < 1.29 is 18.6 Å². The van der Waals surface area contributed by atoms with E-state index in [9.17, 15) is 8.78 Å². The number of alkyl halides is 2. The van der Waals surface area contributed by atoms with Gasteiger partial charge in [-0.1, -0.05) is 18.2 Å². The van der Waals surface area contributed by atoms with Gasteiger partial charge in [0.1, 0.15) is 5.75 Å². The molecule has 0 amide bonds. The number of unbranched alkanes of at least 4 members (excludes halogenated alkanes) is 2. The smallest absolute Gasteiger partial charge is 0.387 e. The molecule has 0 aliphatic carbocycles. The maximum Gasteiger partial charge on any atom is 0.387 e. The van der Waals surface area contributed by atoms with E-state index in [0.717, 1.165) is 19.3 Å². The van der Waals surface area contributed by atoms with Crippen LogP contribution in [0.3, 0.4) is 0 Å². The van der Waals surface area contributed by atoms with Crippen LogP contribution >= 0.6 is 0 Å². The lowest BCUT2D eigenvalue weighted by Gasteiger charge is -2.20. The Morgan fingerprint density at radius 1 is 1.20 bits per heavy atom. The Morgan fingerprint density at radius 2 is 1.95 bits per heavy atom. The second-order valence-corrected chi connectivity index (χ2v) is 4.44. The van der Waals surface area contributed by atoms with E-state index in [-0.39, 0.29) is 18.4 Å². The minimum absolute atomic E-state index is 0.154. The zero-order valence-electron chi connectivity index (χ0n) is 11.4. The van der Waals surface area contributed by atoms with Crippen molar-refractivity contribution in [2.24, 2.45) is 5.73 Å². The number of aliphatic hydroxyl groups excluding tert-OH is 1. The van der Waals surface area contributed by atoms with Gasteiger partial charge in [-0.15, -0.1) is 0 Å². The molecule has 0 saturated carbocycles. The molecule has 1 rings (SSSR count). The number of rotatable bonds is 10. The maximum atomic E-state index is 12.4. The topological polar surface area (TPSA) is 67.5 Å². The van der Waals surface area contributed by atoms with Crippen LogP contribution in [-0.2, 0) is 0 Å². The first-order valence-corrected chi connectivity index (χ1v) is 6.77. The molecule has 0 aromatic heterocycles. The first-order valence-electron chi connectivity index (χ1n) is 6.77. The van der Waals surface area contributed by atoms with E-state index in [4.69, 9.17) is 10.8 Å². The van der Waals surface area contributed by atoms with Gasteiger partial charge in [-0.05, 0) is 31.9 Å². The molecule has 114 valence electrons. The Bertz CT molecular complexity index is 378. The number of nitrogens with one attached hydrogen (secondary N) is 1. The lowest BCUT2D eigenvalue weighted by atomic mass is 10.1. The van der Waals surface area contributed by atoms with Gasteiger partial charge in [0.2, 0.25) is 0 Å². The normalized spacial score (nSPS) is 12.7. The molecular weight excluding hydrogens is 266 g/mol. The predicted octanol–water partition coefficient (Wildman–Crippen LogP) is 2.04. The zero-order chi connectivity index (χ0) is 14.8. The van der Waals surface area contributed by atoms with E-state index in [1.807, 2.05) is 0 Å². The van der Waals surface area contributed by atoms with Gasteiger partial charge in [-0.25, -0.2) is 0 Å². The number of hydrogen-bond donors (Lipinski definition) is 3. The van der Waals surface area contributed by atoms with Crippen LogP contribution < -0.4 is 15.8 Å². The molecule has 0 aliphatic heterocycles. The van der Waals surface area contributed by atoms with Crippen molar-refractivity contribution >= 4 is 0 Å². The van der Waals surface area contributed by atoms with Gasteiger partial charge in [-0.3, -0.25) is 0 Å².